The van der Waals surface area contributed by atoms with Gasteiger partial charge in [0.15, 0.2) is 0 Å². The van der Waals surface area contributed by atoms with E-state index in [2.05, 4.69) is 10.1 Å². The first-order valence-electron chi connectivity index (χ1n) is 10.0. The molecule has 2 aliphatic carbocycles. The maximum atomic E-state index is 12.9. The van der Waals surface area contributed by atoms with E-state index >= 15 is 0 Å². The minimum absolute atomic E-state index is 0.160. The number of methoxy groups -OCH3 is 1. The zero-order valence-electron chi connectivity index (χ0n) is 15.3. The topological polar surface area (TPSA) is 55.6 Å². The summed E-state index contributed by atoms with van der Waals surface area (Å²) in [5, 5.41) is 4.31. The zero-order valence-corrected chi connectivity index (χ0v) is 15.3. The number of aryl methyl sites for hydroxylation is 1. The molecule has 1 aromatic heterocycles. The van der Waals surface area contributed by atoms with Gasteiger partial charge in [-0.05, 0) is 57.8 Å². The van der Waals surface area contributed by atoms with Gasteiger partial charge in [0.2, 0.25) is 5.91 Å². The van der Waals surface area contributed by atoms with Gasteiger partial charge in [-0.1, -0.05) is 11.6 Å². The van der Waals surface area contributed by atoms with Crippen LogP contribution in [0.1, 0.15) is 74.3 Å². The molecule has 4 rings (SSSR count). The second-order valence-corrected chi connectivity index (χ2v) is 8.00. The first-order valence-corrected chi connectivity index (χ1v) is 10.0. The third kappa shape index (κ3) is 3.48. The Morgan fingerprint density at radius 3 is 2.72 bits per heavy atom. The molecule has 0 spiro atoms. The third-order valence-electron chi connectivity index (χ3n) is 6.48. The normalized spacial score (nSPS) is 28.0. The number of hydrogen-bond acceptors (Lipinski definition) is 4. The highest BCUT2D eigenvalue weighted by Crippen LogP contribution is 2.36. The Labute approximate surface area is 150 Å². The molecule has 0 bridgehead atoms. The highest BCUT2D eigenvalue weighted by atomic mass is 16.5. The summed E-state index contributed by atoms with van der Waals surface area (Å²) in [5.41, 5.74) is 2.57. The van der Waals surface area contributed by atoms with E-state index in [4.69, 9.17) is 9.26 Å². The van der Waals surface area contributed by atoms with Gasteiger partial charge in [-0.15, -0.1) is 0 Å². The molecule has 1 saturated heterocycles. The molecule has 2 fully saturated rings. The van der Waals surface area contributed by atoms with Crippen molar-refractivity contribution in [1.82, 2.24) is 10.1 Å². The van der Waals surface area contributed by atoms with E-state index in [0.29, 0.717) is 11.8 Å². The van der Waals surface area contributed by atoms with Gasteiger partial charge < -0.3 is 14.2 Å². The molecule has 25 heavy (non-hydrogen) atoms. The lowest BCUT2D eigenvalue weighted by Crippen LogP contribution is -2.43. The SMILES string of the molecule is CO[C@H]1CCC[C@@H](C(=O)N2CCC(c3onc4c3CCCC4)CC2)C1. The maximum Gasteiger partial charge on any atom is 0.225 e. The number of carbonyl (C=O) groups is 1. The molecular weight excluding hydrogens is 316 g/mol. The molecule has 1 saturated carbocycles. The summed E-state index contributed by atoms with van der Waals surface area (Å²) in [5.74, 6) is 2.07. The van der Waals surface area contributed by atoms with Crippen LogP contribution in [0.15, 0.2) is 4.52 Å². The summed E-state index contributed by atoms with van der Waals surface area (Å²) in [6.07, 6.45) is 11.1. The molecule has 0 radical (unpaired) electrons. The van der Waals surface area contributed by atoms with Gasteiger partial charge in [-0.25, -0.2) is 0 Å². The van der Waals surface area contributed by atoms with E-state index in [1.54, 1.807) is 7.11 Å². The molecule has 5 heteroatoms. The van der Waals surface area contributed by atoms with Crippen LogP contribution in [0, 0.1) is 5.92 Å². The van der Waals surface area contributed by atoms with Crippen molar-refractivity contribution in [2.75, 3.05) is 20.2 Å². The Morgan fingerprint density at radius 1 is 1.12 bits per heavy atom. The lowest BCUT2D eigenvalue weighted by molar-refractivity contribution is -0.139. The number of hydrogen-bond donors (Lipinski definition) is 0. The fourth-order valence-electron chi connectivity index (χ4n) is 4.94. The monoisotopic (exact) mass is 346 g/mol. The first kappa shape index (κ1) is 17.1. The molecule has 2 atom stereocenters. The number of aromatic nitrogens is 1. The molecule has 1 aliphatic heterocycles. The van der Waals surface area contributed by atoms with E-state index in [0.717, 1.165) is 70.2 Å². The van der Waals surface area contributed by atoms with E-state index in [-0.39, 0.29) is 12.0 Å². The van der Waals surface area contributed by atoms with Crippen molar-refractivity contribution >= 4 is 5.91 Å². The molecule has 0 unspecified atom stereocenters. The largest absolute Gasteiger partial charge is 0.381 e. The van der Waals surface area contributed by atoms with Crippen LogP contribution in [-0.2, 0) is 22.4 Å². The van der Waals surface area contributed by atoms with Crippen LogP contribution in [0.5, 0.6) is 0 Å². The Hall–Kier alpha value is -1.36. The van der Waals surface area contributed by atoms with Crippen LogP contribution >= 0.6 is 0 Å². The quantitative estimate of drug-likeness (QED) is 0.841. The van der Waals surface area contributed by atoms with Crippen LogP contribution in [0.2, 0.25) is 0 Å². The molecular formula is C20H30N2O3. The Kier molecular flexibility index (Phi) is 5.11. The Morgan fingerprint density at radius 2 is 1.92 bits per heavy atom. The molecule has 138 valence electrons. The van der Waals surface area contributed by atoms with Gasteiger partial charge in [0.05, 0.1) is 11.8 Å². The highest BCUT2D eigenvalue weighted by Gasteiger charge is 2.34. The molecule has 1 amide bonds. The average molecular weight is 346 g/mol. The summed E-state index contributed by atoms with van der Waals surface area (Å²) < 4.78 is 11.2. The van der Waals surface area contributed by atoms with Gasteiger partial charge in [0.25, 0.3) is 0 Å². The van der Waals surface area contributed by atoms with Crippen LogP contribution in [0.25, 0.3) is 0 Å². The molecule has 5 nitrogen and oxygen atoms in total. The van der Waals surface area contributed by atoms with Crippen molar-refractivity contribution in [2.45, 2.75) is 76.2 Å². The number of fused-ring (bicyclic) bond motifs is 1. The zero-order chi connectivity index (χ0) is 17.2. The summed E-state index contributed by atoms with van der Waals surface area (Å²) in [4.78, 5) is 15.0. The number of carbonyl (C=O) groups excluding carboxylic acids is 1. The molecule has 3 aliphatic rings. The van der Waals surface area contributed by atoms with E-state index in [9.17, 15) is 4.79 Å². The second kappa shape index (κ2) is 7.48. The maximum absolute atomic E-state index is 12.9. The van der Waals surface area contributed by atoms with E-state index < -0.39 is 0 Å². The number of likely N-dealkylation sites (tertiary alicyclic amines) is 1. The van der Waals surface area contributed by atoms with Gasteiger partial charge >= 0.3 is 0 Å². The first-order chi connectivity index (χ1) is 12.3. The number of amides is 1. The van der Waals surface area contributed by atoms with Gasteiger partial charge in [0, 0.05) is 37.6 Å². The minimum atomic E-state index is 0.160. The molecule has 0 aromatic carbocycles. The number of ether oxygens (including phenoxy) is 1. The Balaban J connectivity index is 1.35. The van der Waals surface area contributed by atoms with Gasteiger partial charge in [0.1, 0.15) is 5.76 Å². The van der Waals surface area contributed by atoms with E-state index in [1.807, 2.05) is 0 Å². The molecule has 0 N–H and O–H groups in total. The Bertz CT molecular complexity index is 604. The van der Waals surface area contributed by atoms with Crippen molar-refractivity contribution in [3.63, 3.8) is 0 Å². The summed E-state index contributed by atoms with van der Waals surface area (Å²) in [6.45, 7) is 1.71. The highest BCUT2D eigenvalue weighted by molar-refractivity contribution is 5.79. The van der Waals surface area contributed by atoms with Gasteiger partial charge in [-0.2, -0.15) is 0 Å². The number of nitrogens with zero attached hydrogens (tertiary/aromatic N) is 2. The lowest BCUT2D eigenvalue weighted by Gasteiger charge is -2.36. The van der Waals surface area contributed by atoms with Crippen LogP contribution in [0.4, 0.5) is 0 Å². The standard InChI is InChI=1S/C20H30N2O3/c1-24-16-6-4-5-15(13-16)20(23)22-11-9-14(10-12-22)19-17-7-2-3-8-18(17)21-25-19/h14-16H,2-13H2,1H3/t15-,16+/m1/s1. The fourth-order valence-corrected chi connectivity index (χ4v) is 4.94. The minimum Gasteiger partial charge on any atom is -0.381 e. The van der Waals surface area contributed by atoms with Crippen LogP contribution < -0.4 is 0 Å². The number of rotatable bonds is 3. The predicted molar refractivity (Wildman–Crippen MR) is 94.5 cm³/mol. The van der Waals surface area contributed by atoms with Crippen molar-refractivity contribution in [3.05, 3.63) is 17.0 Å². The fraction of sp³-hybridized carbons (Fsp3) is 0.800. The summed E-state index contributed by atoms with van der Waals surface area (Å²) in [6, 6.07) is 0. The smallest absolute Gasteiger partial charge is 0.225 e. The van der Waals surface area contributed by atoms with Crippen molar-refractivity contribution in [2.24, 2.45) is 5.92 Å². The summed E-state index contributed by atoms with van der Waals surface area (Å²) in [7, 11) is 1.76. The second-order valence-electron chi connectivity index (χ2n) is 8.00. The molecule has 1 aromatic rings. The van der Waals surface area contributed by atoms with Gasteiger partial charge in [-0.3, -0.25) is 4.79 Å². The number of piperidine rings is 1. The van der Waals surface area contributed by atoms with Crippen LogP contribution in [-0.4, -0.2) is 42.3 Å². The average Bonchev–Trinajstić information content (AvgIpc) is 3.12. The van der Waals surface area contributed by atoms with Crippen LogP contribution in [0.3, 0.4) is 0 Å². The van der Waals surface area contributed by atoms with Crippen molar-refractivity contribution < 1.29 is 14.1 Å². The predicted octanol–water partition coefficient (Wildman–Crippen LogP) is 3.46. The lowest BCUT2D eigenvalue weighted by atomic mass is 9.84. The van der Waals surface area contributed by atoms with E-state index in [1.165, 1.54) is 24.1 Å². The molecule has 2 heterocycles. The van der Waals surface area contributed by atoms with Crippen molar-refractivity contribution in [3.8, 4) is 0 Å². The third-order valence-corrected chi connectivity index (χ3v) is 6.48. The van der Waals surface area contributed by atoms with Crippen molar-refractivity contribution in [1.29, 1.82) is 0 Å². The summed E-state index contributed by atoms with van der Waals surface area (Å²) >= 11 is 0.